The molecule has 450 valence electrons. The Balaban J connectivity index is 0.641. The number of carbonyl (C=O) groups excluding carboxylic acids is 6. The molecule has 1 unspecified atom stereocenters. The lowest BCUT2D eigenvalue weighted by molar-refractivity contribution is -0.140. The van der Waals surface area contributed by atoms with E-state index in [0.717, 1.165) is 17.5 Å². The third kappa shape index (κ3) is 17.0. The largest absolute Gasteiger partial charge is 0.444 e. The predicted octanol–water partition coefficient (Wildman–Crippen LogP) is 4.41. The number of nitrogens with zero attached hydrogens (tertiary/aromatic N) is 7. The average Bonchev–Trinajstić information content (AvgIpc) is 3.10. The Morgan fingerprint density at radius 2 is 1.47 bits per heavy atom. The van der Waals surface area contributed by atoms with Gasteiger partial charge in [0, 0.05) is 86.5 Å². The van der Waals surface area contributed by atoms with Gasteiger partial charge in [-0.2, -0.15) is 5.10 Å². The van der Waals surface area contributed by atoms with Crippen molar-refractivity contribution in [3.63, 3.8) is 0 Å². The van der Waals surface area contributed by atoms with Gasteiger partial charge >= 0.3 is 6.09 Å². The molecule has 4 aliphatic heterocycles. The SMILES string of the molecule is C[C@@H]1OCC2(CCN(c3cnc(Sc4cccc(NC(=O)CCC(=O)N5CCN(C(=O)CCOCCOCCOCCOCCNc6cccc7cnn(C8CCC(=O)NC8=O)c(=O)c67)CC5)c4Cl)c(N)n3)CC2)[C@@H]1NC(=O)OC(C)(C)C. The number of amides is 6. The lowest BCUT2D eigenvalue weighted by Gasteiger charge is -2.43. The first-order valence-electron chi connectivity index (χ1n) is 28.1. The number of aromatic nitrogens is 4. The van der Waals surface area contributed by atoms with E-state index in [4.69, 9.17) is 45.8 Å². The number of ether oxygens (including phenoxy) is 6. The number of imide groups is 1. The van der Waals surface area contributed by atoms with E-state index in [9.17, 15) is 33.6 Å². The second-order valence-electron chi connectivity index (χ2n) is 21.7. The molecule has 27 heteroatoms. The first-order valence-corrected chi connectivity index (χ1v) is 29.3. The summed E-state index contributed by atoms with van der Waals surface area (Å²) in [5.74, 6) is -0.666. The van der Waals surface area contributed by atoms with Gasteiger partial charge in [-0.3, -0.25) is 34.1 Å². The van der Waals surface area contributed by atoms with Crippen molar-refractivity contribution in [2.75, 3.05) is 127 Å². The number of anilines is 4. The Kier molecular flexibility index (Phi) is 22.0. The number of fused-ring (bicyclic) bond motifs is 1. The third-order valence-electron chi connectivity index (χ3n) is 14.7. The minimum atomic E-state index is -0.855. The fourth-order valence-corrected chi connectivity index (χ4v) is 11.5. The van der Waals surface area contributed by atoms with E-state index in [1.807, 2.05) is 27.7 Å². The monoisotopic (exact) mass is 1190 g/mol. The number of piperidine rings is 2. The van der Waals surface area contributed by atoms with Gasteiger partial charge in [-0.25, -0.2) is 19.4 Å². The van der Waals surface area contributed by atoms with Crippen molar-refractivity contribution in [1.29, 1.82) is 0 Å². The number of nitrogens with one attached hydrogen (secondary N) is 4. The third-order valence-corrected chi connectivity index (χ3v) is 16.3. The molecular formula is C56H75ClN12O13S. The van der Waals surface area contributed by atoms with Crippen molar-refractivity contribution in [2.45, 2.75) is 106 Å². The number of benzene rings is 2. The van der Waals surface area contributed by atoms with Gasteiger partial charge in [-0.1, -0.05) is 41.6 Å². The Morgan fingerprint density at radius 3 is 2.13 bits per heavy atom. The van der Waals surface area contributed by atoms with Crippen molar-refractivity contribution in [3.05, 3.63) is 64.2 Å². The van der Waals surface area contributed by atoms with Gasteiger partial charge in [-0.15, -0.1) is 0 Å². The maximum absolute atomic E-state index is 13.4. The van der Waals surface area contributed by atoms with Crippen LogP contribution in [0, 0.1) is 5.41 Å². The van der Waals surface area contributed by atoms with Crippen molar-refractivity contribution in [1.82, 2.24) is 40.2 Å². The Labute approximate surface area is 490 Å². The van der Waals surface area contributed by atoms with Gasteiger partial charge < -0.3 is 64.8 Å². The van der Waals surface area contributed by atoms with Gasteiger partial charge in [0.2, 0.25) is 23.6 Å². The number of hydrogen-bond acceptors (Lipinski definition) is 20. The highest BCUT2D eigenvalue weighted by Crippen LogP contribution is 2.44. The molecule has 4 aromatic rings. The molecule has 3 atom stereocenters. The number of rotatable bonds is 25. The number of piperazine rings is 1. The highest BCUT2D eigenvalue weighted by atomic mass is 35.5. The molecule has 0 bridgehead atoms. The summed E-state index contributed by atoms with van der Waals surface area (Å²) in [4.78, 5) is 105. The average molecular weight is 1190 g/mol. The molecule has 25 nitrogen and oxygen atoms in total. The lowest BCUT2D eigenvalue weighted by atomic mass is 9.73. The zero-order valence-electron chi connectivity index (χ0n) is 47.4. The number of nitrogen functional groups attached to an aromatic ring is 1. The molecule has 4 aliphatic rings. The lowest BCUT2D eigenvalue weighted by Crippen LogP contribution is -2.55. The summed E-state index contributed by atoms with van der Waals surface area (Å²) in [5, 5.41) is 17.4. The summed E-state index contributed by atoms with van der Waals surface area (Å²) >= 11 is 8.01. The summed E-state index contributed by atoms with van der Waals surface area (Å²) < 4.78 is 35.2. The van der Waals surface area contributed by atoms with E-state index in [0.29, 0.717) is 142 Å². The van der Waals surface area contributed by atoms with Crippen molar-refractivity contribution < 1.29 is 57.2 Å². The Bertz CT molecular complexity index is 3000. The van der Waals surface area contributed by atoms with Gasteiger partial charge in [0.1, 0.15) is 22.5 Å². The molecule has 0 aliphatic carbocycles. The topological polar surface area (TPSA) is 302 Å². The minimum Gasteiger partial charge on any atom is -0.444 e. The maximum atomic E-state index is 13.4. The molecule has 83 heavy (non-hydrogen) atoms. The number of halogens is 1. The Morgan fingerprint density at radius 1 is 0.831 bits per heavy atom. The van der Waals surface area contributed by atoms with Crippen molar-refractivity contribution >= 4 is 92.8 Å². The fourth-order valence-electron chi connectivity index (χ4n) is 10.4. The van der Waals surface area contributed by atoms with Crippen LogP contribution in [0.15, 0.2) is 63.5 Å². The standard InChI is InChI=1S/C56H75ClN12O13S/c1-36-49(65-54(76)82-55(2,3)4)56(35-81-36)16-19-66(20-17-56)42-34-60-52(50(58)63-42)83-41-10-6-9-39(48(41)57)62-43(70)13-14-45(72)67-21-23-68(24-22-67)46(73)15-25-77-27-29-79-31-32-80-30-28-78-26-18-59-38-8-5-7-37-33-61-69(53(75)47(37)38)40-11-12-44(71)64-51(40)74/h5-10,33-34,36,40,49,59H,11-32,35H2,1-4H3,(H2,58,63)(H,62,70)(H,65,76)(H,64,71,74)/t36-,40?,49+/m0/s1. The molecular weight excluding hydrogens is 1120 g/mol. The van der Waals surface area contributed by atoms with E-state index in [2.05, 4.69) is 41.2 Å². The summed E-state index contributed by atoms with van der Waals surface area (Å²) in [6, 6.07) is 9.53. The predicted molar refractivity (Wildman–Crippen MR) is 309 cm³/mol. The molecule has 2 aromatic carbocycles. The van der Waals surface area contributed by atoms with Gasteiger partial charge in [0.15, 0.2) is 5.82 Å². The van der Waals surface area contributed by atoms with Crippen LogP contribution in [0.3, 0.4) is 0 Å². The van der Waals surface area contributed by atoms with E-state index in [1.165, 1.54) is 18.0 Å². The smallest absolute Gasteiger partial charge is 0.407 e. The first kappa shape index (κ1) is 62.4. The molecule has 1 spiro atoms. The molecule has 6 amide bonds. The van der Waals surface area contributed by atoms with Crippen molar-refractivity contribution in [3.8, 4) is 0 Å². The van der Waals surface area contributed by atoms with E-state index < -0.39 is 29.2 Å². The molecule has 0 radical (unpaired) electrons. The molecule has 4 fully saturated rings. The van der Waals surface area contributed by atoms with Crippen LogP contribution >= 0.6 is 23.4 Å². The van der Waals surface area contributed by atoms with E-state index >= 15 is 0 Å². The van der Waals surface area contributed by atoms with Crippen LogP contribution in [0.5, 0.6) is 0 Å². The van der Waals surface area contributed by atoms with Crippen LogP contribution in [0.2, 0.25) is 5.02 Å². The summed E-state index contributed by atoms with van der Waals surface area (Å²) in [6.07, 6.45) is 4.61. The van der Waals surface area contributed by atoms with Crippen molar-refractivity contribution in [2.24, 2.45) is 5.41 Å². The van der Waals surface area contributed by atoms with Crippen LogP contribution in [-0.4, -0.2) is 188 Å². The fraction of sp³-hybridized carbons (Fsp3) is 0.571. The molecule has 2 aromatic heterocycles. The zero-order valence-corrected chi connectivity index (χ0v) is 49.0. The van der Waals surface area contributed by atoms with Crippen LogP contribution in [0.4, 0.5) is 27.8 Å². The first-order chi connectivity index (χ1) is 39.9. The molecule has 0 saturated carbocycles. The van der Waals surface area contributed by atoms with Crippen LogP contribution in [0.1, 0.15) is 78.7 Å². The minimum absolute atomic E-state index is 0.00787. The molecule has 8 rings (SSSR count). The van der Waals surface area contributed by atoms with Gasteiger partial charge in [0.05, 0.1) is 107 Å². The molecule has 6 heterocycles. The second kappa shape index (κ2) is 29.2. The van der Waals surface area contributed by atoms with Crippen LogP contribution in [-0.2, 0) is 52.4 Å². The number of carbonyl (C=O) groups is 6. The van der Waals surface area contributed by atoms with Crippen LogP contribution < -0.4 is 37.5 Å². The molecule has 6 N–H and O–H groups in total. The Hall–Kier alpha value is -6.68. The number of nitrogens with two attached hydrogens (primary N) is 1. The van der Waals surface area contributed by atoms with E-state index in [1.54, 1.807) is 52.4 Å². The number of hydrogen-bond donors (Lipinski definition) is 5. The van der Waals surface area contributed by atoms with Gasteiger partial charge in [-0.05, 0) is 65.2 Å². The quantitative estimate of drug-likeness (QED) is 0.0453. The summed E-state index contributed by atoms with van der Waals surface area (Å²) in [5.41, 5.74) is 6.15. The second-order valence-corrected chi connectivity index (χ2v) is 23.1. The maximum Gasteiger partial charge on any atom is 0.407 e. The molecule has 4 saturated heterocycles. The van der Waals surface area contributed by atoms with Gasteiger partial charge in [0.25, 0.3) is 11.5 Å². The summed E-state index contributed by atoms with van der Waals surface area (Å²) in [7, 11) is 0. The van der Waals surface area contributed by atoms with E-state index in [-0.39, 0.29) is 85.7 Å². The normalized spacial score (nSPS) is 19.0. The summed E-state index contributed by atoms with van der Waals surface area (Å²) in [6.45, 7) is 13.9. The highest BCUT2D eigenvalue weighted by Gasteiger charge is 2.51. The number of alkyl carbamates (subject to hydrolysis) is 1. The highest BCUT2D eigenvalue weighted by molar-refractivity contribution is 7.99. The zero-order chi connectivity index (χ0) is 59.1. The van der Waals surface area contributed by atoms with Crippen LogP contribution in [0.25, 0.3) is 10.8 Å².